The van der Waals surface area contributed by atoms with Crippen molar-refractivity contribution in [3.63, 3.8) is 0 Å². The zero-order valence-electron chi connectivity index (χ0n) is 12.1. The van der Waals surface area contributed by atoms with Crippen molar-refractivity contribution in [2.24, 2.45) is 0 Å². The largest absolute Gasteiger partial charge is 0.466 e. The lowest BCUT2D eigenvalue weighted by atomic mass is 10.2. The van der Waals surface area contributed by atoms with Gasteiger partial charge in [0.15, 0.2) is 0 Å². The van der Waals surface area contributed by atoms with Crippen LogP contribution < -0.4 is 0 Å². The molecule has 0 aliphatic rings. The molecule has 0 rings (SSSR count). The first-order valence-electron chi connectivity index (χ1n) is 6.65. The molecule has 0 N–H and O–H groups in total. The zero-order valence-corrected chi connectivity index (χ0v) is 12.1. The zero-order chi connectivity index (χ0) is 15.4. The quantitative estimate of drug-likeness (QED) is 0.152. The fourth-order valence-electron chi connectivity index (χ4n) is 1.33. The van der Waals surface area contributed by atoms with Crippen LogP contribution in [0.1, 0.15) is 39.5 Å². The van der Waals surface area contributed by atoms with Gasteiger partial charge in [-0.25, -0.2) is 9.59 Å². The molecule has 0 saturated heterocycles. The highest BCUT2D eigenvalue weighted by Crippen LogP contribution is 2.03. The molecular weight excluding hydrogens is 264 g/mol. The highest BCUT2D eigenvalue weighted by Gasteiger charge is 2.17. The molecular formula is C14H22O6. The van der Waals surface area contributed by atoms with Crippen LogP contribution in [-0.4, -0.2) is 37.7 Å². The smallest absolute Gasteiger partial charge is 0.344 e. The van der Waals surface area contributed by atoms with Crippen LogP contribution in [0.4, 0.5) is 0 Å². The van der Waals surface area contributed by atoms with Gasteiger partial charge in [0.05, 0.1) is 19.8 Å². The third-order valence-electron chi connectivity index (χ3n) is 2.35. The maximum absolute atomic E-state index is 11.4. The molecule has 0 unspecified atom stereocenters. The van der Waals surface area contributed by atoms with Gasteiger partial charge in [-0.2, -0.15) is 0 Å². The summed E-state index contributed by atoms with van der Waals surface area (Å²) in [4.78, 5) is 33.1. The fraction of sp³-hybridized carbons (Fsp3) is 0.643. The van der Waals surface area contributed by atoms with E-state index < -0.39 is 11.9 Å². The van der Waals surface area contributed by atoms with Crippen molar-refractivity contribution in [3.8, 4) is 0 Å². The summed E-state index contributed by atoms with van der Waals surface area (Å²) in [5, 5.41) is 0. The summed E-state index contributed by atoms with van der Waals surface area (Å²) in [5.74, 6) is -1.78. The van der Waals surface area contributed by atoms with Crippen molar-refractivity contribution in [1.29, 1.82) is 0 Å². The van der Waals surface area contributed by atoms with Crippen LogP contribution in [0.15, 0.2) is 12.2 Å². The third-order valence-corrected chi connectivity index (χ3v) is 2.35. The van der Waals surface area contributed by atoms with Crippen molar-refractivity contribution >= 4 is 17.9 Å². The molecule has 0 saturated carbocycles. The predicted octanol–water partition coefficient (Wildman–Crippen LogP) is 1.77. The van der Waals surface area contributed by atoms with Crippen LogP contribution in [0, 0.1) is 0 Å². The molecule has 0 aromatic carbocycles. The summed E-state index contributed by atoms with van der Waals surface area (Å²) in [5.41, 5.74) is -0.290. The average molecular weight is 286 g/mol. The standard InChI is InChI=1S/C14H22O6/c1-4-18-13(16)11(2)14(17)20-10-8-6-5-7-9-19-12(3)15/h2,4-10H2,1,3H3. The molecule has 0 bridgehead atoms. The molecule has 20 heavy (non-hydrogen) atoms. The molecule has 0 radical (unpaired) electrons. The van der Waals surface area contributed by atoms with E-state index in [0.29, 0.717) is 13.0 Å². The van der Waals surface area contributed by atoms with E-state index in [1.54, 1.807) is 6.92 Å². The van der Waals surface area contributed by atoms with Gasteiger partial charge in [-0.15, -0.1) is 0 Å². The van der Waals surface area contributed by atoms with Crippen molar-refractivity contribution in [1.82, 2.24) is 0 Å². The molecule has 0 spiro atoms. The molecule has 0 aromatic rings. The van der Waals surface area contributed by atoms with Crippen LogP contribution in [0.3, 0.4) is 0 Å². The molecule has 0 heterocycles. The van der Waals surface area contributed by atoms with Crippen molar-refractivity contribution in [2.75, 3.05) is 19.8 Å². The summed E-state index contributed by atoms with van der Waals surface area (Å²) in [6.45, 7) is 7.17. The Bertz CT molecular complexity index is 348. The minimum atomic E-state index is -0.751. The number of unbranched alkanes of at least 4 members (excludes halogenated alkanes) is 3. The molecule has 6 heteroatoms. The molecule has 0 aromatic heterocycles. The summed E-state index contributed by atoms with van der Waals surface area (Å²) in [6.07, 6.45) is 3.19. The monoisotopic (exact) mass is 286 g/mol. The Kier molecular flexibility index (Phi) is 10.00. The Morgan fingerprint density at radius 2 is 1.35 bits per heavy atom. The first-order valence-corrected chi connectivity index (χ1v) is 6.65. The number of hydrogen-bond acceptors (Lipinski definition) is 6. The lowest BCUT2D eigenvalue weighted by Crippen LogP contribution is -2.17. The van der Waals surface area contributed by atoms with Gasteiger partial charge in [-0.1, -0.05) is 6.58 Å². The van der Waals surface area contributed by atoms with Gasteiger partial charge in [0.25, 0.3) is 0 Å². The van der Waals surface area contributed by atoms with Crippen molar-refractivity contribution in [2.45, 2.75) is 39.5 Å². The molecule has 0 atom stereocenters. The van der Waals surface area contributed by atoms with Crippen molar-refractivity contribution in [3.05, 3.63) is 12.2 Å². The molecule has 0 amide bonds. The van der Waals surface area contributed by atoms with E-state index >= 15 is 0 Å². The minimum Gasteiger partial charge on any atom is -0.466 e. The van der Waals surface area contributed by atoms with Crippen LogP contribution in [-0.2, 0) is 28.6 Å². The van der Waals surface area contributed by atoms with Gasteiger partial charge in [0, 0.05) is 6.92 Å². The van der Waals surface area contributed by atoms with E-state index in [1.807, 2.05) is 0 Å². The predicted molar refractivity (Wildman–Crippen MR) is 71.8 cm³/mol. The van der Waals surface area contributed by atoms with Gasteiger partial charge < -0.3 is 14.2 Å². The van der Waals surface area contributed by atoms with Gasteiger partial charge in [-0.05, 0) is 32.6 Å². The minimum absolute atomic E-state index is 0.188. The Hall–Kier alpha value is -1.85. The van der Waals surface area contributed by atoms with E-state index in [9.17, 15) is 14.4 Å². The SMILES string of the molecule is C=C(C(=O)OCC)C(=O)OCCCCCCOC(C)=O. The topological polar surface area (TPSA) is 78.9 Å². The molecule has 0 aliphatic heterocycles. The van der Waals surface area contributed by atoms with Crippen LogP contribution in [0.5, 0.6) is 0 Å². The van der Waals surface area contributed by atoms with Gasteiger partial charge in [0.1, 0.15) is 5.57 Å². The number of hydrogen-bond donors (Lipinski definition) is 0. The van der Waals surface area contributed by atoms with Crippen LogP contribution in [0.2, 0.25) is 0 Å². The molecule has 6 nitrogen and oxygen atoms in total. The normalized spacial score (nSPS) is 9.70. The summed E-state index contributed by atoms with van der Waals surface area (Å²) in [6, 6.07) is 0. The first kappa shape index (κ1) is 18.1. The summed E-state index contributed by atoms with van der Waals surface area (Å²) in [7, 11) is 0. The van der Waals surface area contributed by atoms with Crippen molar-refractivity contribution < 1.29 is 28.6 Å². The molecule has 114 valence electrons. The lowest BCUT2D eigenvalue weighted by Gasteiger charge is -2.06. The number of rotatable bonds is 10. The number of ether oxygens (including phenoxy) is 3. The highest BCUT2D eigenvalue weighted by atomic mass is 16.6. The van der Waals surface area contributed by atoms with Crippen LogP contribution in [0.25, 0.3) is 0 Å². The number of carbonyl (C=O) groups excluding carboxylic acids is 3. The maximum Gasteiger partial charge on any atom is 0.344 e. The Morgan fingerprint density at radius 1 is 0.850 bits per heavy atom. The van der Waals surface area contributed by atoms with Gasteiger partial charge >= 0.3 is 17.9 Å². The van der Waals surface area contributed by atoms with E-state index in [4.69, 9.17) is 9.47 Å². The van der Waals surface area contributed by atoms with E-state index in [-0.39, 0.29) is 24.8 Å². The average Bonchev–Trinajstić information content (AvgIpc) is 2.40. The second-order valence-electron chi connectivity index (χ2n) is 4.09. The van der Waals surface area contributed by atoms with Gasteiger partial charge in [0.2, 0.25) is 0 Å². The fourth-order valence-corrected chi connectivity index (χ4v) is 1.33. The molecule has 0 aliphatic carbocycles. The number of esters is 3. The van der Waals surface area contributed by atoms with E-state index in [1.165, 1.54) is 6.92 Å². The summed E-state index contributed by atoms with van der Waals surface area (Å²) < 4.78 is 14.3. The second kappa shape index (κ2) is 11.0. The Balaban J connectivity index is 3.55. The third kappa shape index (κ3) is 9.13. The van der Waals surface area contributed by atoms with Crippen LogP contribution >= 0.6 is 0 Å². The first-order chi connectivity index (χ1) is 9.49. The Morgan fingerprint density at radius 3 is 1.85 bits per heavy atom. The second-order valence-corrected chi connectivity index (χ2v) is 4.09. The molecule has 0 fully saturated rings. The van der Waals surface area contributed by atoms with E-state index in [2.05, 4.69) is 11.3 Å². The lowest BCUT2D eigenvalue weighted by molar-refractivity contribution is -0.147. The maximum atomic E-state index is 11.4. The number of carbonyl (C=O) groups is 3. The van der Waals surface area contributed by atoms with Gasteiger partial charge in [-0.3, -0.25) is 4.79 Å². The summed E-state index contributed by atoms with van der Waals surface area (Å²) >= 11 is 0. The highest BCUT2D eigenvalue weighted by molar-refractivity contribution is 6.13. The van der Waals surface area contributed by atoms with E-state index in [0.717, 1.165) is 19.3 Å². The Labute approximate surface area is 119 Å².